The highest BCUT2D eigenvalue weighted by Gasteiger charge is 2.61. The molecule has 0 radical (unpaired) electrons. The van der Waals surface area contributed by atoms with Crippen LogP contribution < -0.4 is 0 Å². The van der Waals surface area contributed by atoms with E-state index in [1.165, 1.54) is 13.5 Å². The maximum absolute atomic E-state index is 11.8. The Kier molecular flexibility index (Phi) is 6.13. The average Bonchev–Trinajstić information content (AvgIpc) is 3.09. The van der Waals surface area contributed by atoms with Gasteiger partial charge < -0.3 is 33.9 Å². The van der Waals surface area contributed by atoms with E-state index >= 15 is 0 Å². The van der Waals surface area contributed by atoms with Crippen LogP contribution in [0, 0.1) is 0 Å². The maximum Gasteiger partial charge on any atom is 0.508 e. The van der Waals surface area contributed by atoms with Gasteiger partial charge in [0.05, 0.1) is 13.2 Å². The first kappa shape index (κ1) is 20.3. The van der Waals surface area contributed by atoms with Crippen LogP contribution in [-0.4, -0.2) is 72.0 Å². The van der Waals surface area contributed by atoms with Crippen molar-refractivity contribution in [3.63, 3.8) is 0 Å². The lowest BCUT2D eigenvalue weighted by molar-refractivity contribution is -0.226. The SMILES string of the molecule is COC(=O)OC1C(O)C2OC3(CCCCC3)OC2C(O)C1OC1CCCCC1. The number of rotatable bonds is 3. The first-order valence-electron chi connectivity index (χ1n) is 10.6. The van der Waals surface area contributed by atoms with Gasteiger partial charge in [-0.3, -0.25) is 0 Å². The van der Waals surface area contributed by atoms with E-state index in [-0.39, 0.29) is 6.10 Å². The summed E-state index contributed by atoms with van der Waals surface area (Å²) in [7, 11) is 1.21. The van der Waals surface area contributed by atoms with Crippen molar-refractivity contribution in [3.8, 4) is 0 Å². The van der Waals surface area contributed by atoms with Gasteiger partial charge in [0.2, 0.25) is 0 Å². The number of aliphatic hydroxyl groups excluding tert-OH is 2. The second kappa shape index (κ2) is 8.44. The molecule has 1 saturated heterocycles. The minimum absolute atomic E-state index is 0.0353. The molecule has 0 aromatic carbocycles. The van der Waals surface area contributed by atoms with Gasteiger partial charge in [-0.1, -0.05) is 25.7 Å². The lowest BCUT2D eigenvalue weighted by Crippen LogP contribution is -2.65. The normalized spacial score (nSPS) is 40.8. The molecular weight excluding hydrogens is 368 g/mol. The highest BCUT2D eigenvalue weighted by atomic mass is 16.8. The van der Waals surface area contributed by atoms with Crippen LogP contribution in [0.25, 0.3) is 0 Å². The Morgan fingerprint density at radius 3 is 2.07 bits per heavy atom. The molecule has 0 aromatic rings. The van der Waals surface area contributed by atoms with E-state index < -0.39 is 48.6 Å². The molecule has 4 fully saturated rings. The Bertz CT molecular complexity index is 542. The first-order chi connectivity index (χ1) is 13.5. The van der Waals surface area contributed by atoms with E-state index in [2.05, 4.69) is 4.74 Å². The highest BCUT2D eigenvalue weighted by Crippen LogP contribution is 2.46. The van der Waals surface area contributed by atoms with Gasteiger partial charge in [0.15, 0.2) is 11.9 Å². The maximum atomic E-state index is 11.8. The Hall–Kier alpha value is -0.930. The molecule has 3 saturated carbocycles. The van der Waals surface area contributed by atoms with Crippen LogP contribution in [0.5, 0.6) is 0 Å². The molecule has 0 bridgehead atoms. The summed E-state index contributed by atoms with van der Waals surface area (Å²) < 4.78 is 28.5. The lowest BCUT2D eigenvalue weighted by Gasteiger charge is -2.44. The zero-order valence-corrected chi connectivity index (χ0v) is 16.5. The summed E-state index contributed by atoms with van der Waals surface area (Å²) >= 11 is 0. The molecule has 4 rings (SSSR count). The van der Waals surface area contributed by atoms with E-state index in [0.29, 0.717) is 0 Å². The van der Waals surface area contributed by atoms with Crippen molar-refractivity contribution in [1.29, 1.82) is 0 Å². The van der Waals surface area contributed by atoms with Crippen LogP contribution in [0.15, 0.2) is 0 Å². The van der Waals surface area contributed by atoms with Gasteiger partial charge >= 0.3 is 6.16 Å². The van der Waals surface area contributed by atoms with Crippen LogP contribution in [0.2, 0.25) is 0 Å². The number of hydrogen-bond acceptors (Lipinski definition) is 8. The van der Waals surface area contributed by atoms with Crippen molar-refractivity contribution < 1.29 is 38.7 Å². The van der Waals surface area contributed by atoms with Crippen molar-refractivity contribution in [2.75, 3.05) is 7.11 Å². The van der Waals surface area contributed by atoms with Gasteiger partial charge in [-0.05, 0) is 25.7 Å². The molecule has 2 N–H and O–H groups in total. The Morgan fingerprint density at radius 2 is 1.46 bits per heavy atom. The predicted molar refractivity (Wildman–Crippen MR) is 96.6 cm³/mol. The molecule has 1 heterocycles. The fourth-order valence-electron chi connectivity index (χ4n) is 5.15. The number of carbonyl (C=O) groups is 1. The molecular formula is C20H32O8. The van der Waals surface area contributed by atoms with Crippen molar-refractivity contribution in [1.82, 2.24) is 0 Å². The molecule has 8 nitrogen and oxygen atoms in total. The van der Waals surface area contributed by atoms with Crippen molar-refractivity contribution in [2.24, 2.45) is 0 Å². The third kappa shape index (κ3) is 3.89. The topological polar surface area (TPSA) is 104 Å². The summed E-state index contributed by atoms with van der Waals surface area (Å²) in [6, 6.07) is 0. The molecule has 1 aliphatic heterocycles. The van der Waals surface area contributed by atoms with Crippen molar-refractivity contribution in [2.45, 2.75) is 113 Å². The lowest BCUT2D eigenvalue weighted by atomic mass is 9.84. The Labute approximate surface area is 165 Å². The summed E-state index contributed by atoms with van der Waals surface area (Å²) in [6.07, 6.45) is 3.00. The van der Waals surface area contributed by atoms with Crippen LogP contribution in [0.3, 0.4) is 0 Å². The van der Waals surface area contributed by atoms with E-state index in [1.54, 1.807) is 0 Å². The summed E-state index contributed by atoms with van der Waals surface area (Å²) in [4.78, 5) is 11.8. The van der Waals surface area contributed by atoms with Crippen LogP contribution >= 0.6 is 0 Å². The van der Waals surface area contributed by atoms with E-state index in [1.807, 2.05) is 0 Å². The van der Waals surface area contributed by atoms with Crippen molar-refractivity contribution >= 4 is 6.16 Å². The van der Waals surface area contributed by atoms with Gasteiger partial charge in [0, 0.05) is 12.8 Å². The van der Waals surface area contributed by atoms with Gasteiger partial charge in [0.1, 0.15) is 30.5 Å². The standard InChI is InChI=1S/C20H32O8/c1-24-19(23)26-16-14(22)18-17(27-20(28-18)10-6-3-7-11-20)13(21)15(16)25-12-8-4-2-5-9-12/h12-18,21-22H,2-11H2,1H3. The molecule has 8 heteroatoms. The molecule has 6 unspecified atom stereocenters. The monoisotopic (exact) mass is 400 g/mol. The van der Waals surface area contributed by atoms with Gasteiger partial charge in [-0.25, -0.2) is 4.79 Å². The molecule has 3 aliphatic carbocycles. The summed E-state index contributed by atoms with van der Waals surface area (Å²) in [5.74, 6) is -0.773. The zero-order chi connectivity index (χ0) is 19.7. The average molecular weight is 400 g/mol. The number of methoxy groups -OCH3 is 1. The predicted octanol–water partition coefficient (Wildman–Crippen LogP) is 2.04. The third-order valence-corrected chi connectivity index (χ3v) is 6.61. The number of aliphatic hydroxyl groups is 2. The Morgan fingerprint density at radius 1 is 0.893 bits per heavy atom. The van der Waals surface area contributed by atoms with Crippen LogP contribution in [0.4, 0.5) is 4.79 Å². The van der Waals surface area contributed by atoms with Gasteiger partial charge in [-0.2, -0.15) is 0 Å². The highest BCUT2D eigenvalue weighted by molar-refractivity contribution is 5.60. The first-order valence-corrected chi connectivity index (χ1v) is 10.6. The van der Waals surface area contributed by atoms with E-state index in [0.717, 1.165) is 57.8 Å². The van der Waals surface area contributed by atoms with E-state index in [4.69, 9.17) is 18.9 Å². The minimum Gasteiger partial charge on any atom is -0.438 e. The summed E-state index contributed by atoms with van der Waals surface area (Å²) in [5, 5.41) is 22.1. The summed E-state index contributed by atoms with van der Waals surface area (Å²) in [6.45, 7) is 0. The molecule has 1 spiro atoms. The molecule has 160 valence electrons. The smallest absolute Gasteiger partial charge is 0.438 e. The second-order valence-electron chi connectivity index (χ2n) is 8.51. The zero-order valence-electron chi connectivity index (χ0n) is 16.5. The molecule has 0 amide bonds. The van der Waals surface area contributed by atoms with Crippen LogP contribution in [0.1, 0.15) is 64.2 Å². The molecule has 4 aliphatic rings. The number of ether oxygens (including phenoxy) is 5. The fraction of sp³-hybridized carbons (Fsp3) is 0.950. The largest absolute Gasteiger partial charge is 0.508 e. The quantitative estimate of drug-likeness (QED) is 0.694. The number of fused-ring (bicyclic) bond motifs is 1. The second-order valence-corrected chi connectivity index (χ2v) is 8.51. The third-order valence-electron chi connectivity index (χ3n) is 6.61. The summed E-state index contributed by atoms with van der Waals surface area (Å²) in [5.41, 5.74) is 0. The molecule has 28 heavy (non-hydrogen) atoms. The molecule has 6 atom stereocenters. The number of hydrogen-bond donors (Lipinski definition) is 2. The van der Waals surface area contributed by atoms with E-state index in [9.17, 15) is 15.0 Å². The van der Waals surface area contributed by atoms with Gasteiger partial charge in [-0.15, -0.1) is 0 Å². The molecule has 0 aromatic heterocycles. The van der Waals surface area contributed by atoms with Crippen molar-refractivity contribution in [3.05, 3.63) is 0 Å². The fourth-order valence-corrected chi connectivity index (χ4v) is 5.15. The Balaban J connectivity index is 1.55. The minimum atomic E-state index is -1.16. The van der Waals surface area contributed by atoms with Gasteiger partial charge in [0.25, 0.3) is 0 Å². The van der Waals surface area contributed by atoms with Crippen LogP contribution in [-0.2, 0) is 23.7 Å². The number of carbonyl (C=O) groups excluding carboxylic acids is 1.